The molecule has 0 saturated heterocycles. The number of aliphatic hydroxyl groups is 1. The zero-order valence-electron chi connectivity index (χ0n) is 14.9. The standard InChI is InChI=1S/C19H27N3O2/c1-14(2)19-20-15(3)10-18(21-19)22(4)11-17(23)13-24-12-16-8-6-5-7-9-16/h5-10,14,17,23H,11-13H2,1-4H3. The number of ether oxygens (including phenoxy) is 1. The number of benzene rings is 1. The fraction of sp³-hybridized carbons (Fsp3) is 0.474. The molecular formula is C19H27N3O2. The third kappa shape index (κ3) is 5.58. The highest BCUT2D eigenvalue weighted by Crippen LogP contribution is 2.16. The van der Waals surface area contributed by atoms with Crippen LogP contribution in [-0.2, 0) is 11.3 Å². The van der Waals surface area contributed by atoms with Crippen LogP contribution in [0.2, 0.25) is 0 Å². The summed E-state index contributed by atoms with van der Waals surface area (Å²) in [5.74, 6) is 1.93. The first kappa shape index (κ1) is 18.4. The molecule has 2 aromatic rings. The van der Waals surface area contributed by atoms with Gasteiger partial charge in [0.2, 0.25) is 0 Å². The van der Waals surface area contributed by atoms with Gasteiger partial charge in [-0.1, -0.05) is 44.2 Å². The molecule has 0 aliphatic heterocycles. The molecule has 24 heavy (non-hydrogen) atoms. The third-order valence-corrected chi connectivity index (χ3v) is 3.67. The number of aliphatic hydroxyl groups excluding tert-OH is 1. The maximum absolute atomic E-state index is 10.2. The molecule has 5 nitrogen and oxygen atoms in total. The molecule has 130 valence electrons. The molecule has 0 spiro atoms. The van der Waals surface area contributed by atoms with Crippen LogP contribution >= 0.6 is 0 Å². The van der Waals surface area contributed by atoms with Gasteiger partial charge in [0.25, 0.3) is 0 Å². The highest BCUT2D eigenvalue weighted by atomic mass is 16.5. The van der Waals surface area contributed by atoms with Gasteiger partial charge in [-0.05, 0) is 12.5 Å². The molecule has 0 fully saturated rings. The maximum atomic E-state index is 10.2. The Kier molecular flexibility index (Phi) is 6.70. The highest BCUT2D eigenvalue weighted by molar-refractivity contribution is 5.39. The Hall–Kier alpha value is -1.98. The molecule has 2 rings (SSSR count). The lowest BCUT2D eigenvalue weighted by atomic mass is 10.2. The first-order chi connectivity index (χ1) is 11.5. The molecule has 0 aliphatic rings. The van der Waals surface area contributed by atoms with Crippen molar-refractivity contribution in [3.05, 3.63) is 53.5 Å². The first-order valence-corrected chi connectivity index (χ1v) is 8.32. The van der Waals surface area contributed by atoms with Gasteiger partial charge in [0.15, 0.2) is 0 Å². The molecule has 1 atom stereocenters. The Labute approximate surface area is 144 Å². The molecule has 5 heteroatoms. The lowest BCUT2D eigenvalue weighted by Crippen LogP contribution is -2.33. The van der Waals surface area contributed by atoms with Crippen molar-refractivity contribution in [1.29, 1.82) is 0 Å². The van der Waals surface area contributed by atoms with Gasteiger partial charge >= 0.3 is 0 Å². The number of hydrogen-bond acceptors (Lipinski definition) is 5. The van der Waals surface area contributed by atoms with E-state index >= 15 is 0 Å². The van der Waals surface area contributed by atoms with Crippen LogP contribution in [0.5, 0.6) is 0 Å². The van der Waals surface area contributed by atoms with E-state index in [2.05, 4.69) is 23.8 Å². The number of rotatable bonds is 8. The molecule has 0 saturated carbocycles. The van der Waals surface area contributed by atoms with Crippen molar-refractivity contribution >= 4 is 5.82 Å². The van der Waals surface area contributed by atoms with Gasteiger partial charge in [-0.15, -0.1) is 0 Å². The predicted molar refractivity (Wildman–Crippen MR) is 96.2 cm³/mol. The maximum Gasteiger partial charge on any atom is 0.133 e. The van der Waals surface area contributed by atoms with E-state index in [1.54, 1.807) is 0 Å². The zero-order valence-corrected chi connectivity index (χ0v) is 14.9. The van der Waals surface area contributed by atoms with E-state index in [9.17, 15) is 5.11 Å². The predicted octanol–water partition coefficient (Wildman–Crippen LogP) is 2.92. The van der Waals surface area contributed by atoms with Crippen LogP contribution in [-0.4, -0.2) is 41.4 Å². The third-order valence-electron chi connectivity index (χ3n) is 3.67. The minimum Gasteiger partial charge on any atom is -0.389 e. The summed E-state index contributed by atoms with van der Waals surface area (Å²) in [5.41, 5.74) is 2.04. The van der Waals surface area contributed by atoms with Crippen LogP contribution in [0.4, 0.5) is 5.82 Å². The van der Waals surface area contributed by atoms with E-state index in [1.165, 1.54) is 0 Å². The van der Waals surface area contributed by atoms with Gasteiger partial charge in [-0.2, -0.15) is 0 Å². The quantitative estimate of drug-likeness (QED) is 0.807. The number of hydrogen-bond donors (Lipinski definition) is 1. The van der Waals surface area contributed by atoms with Gasteiger partial charge < -0.3 is 14.7 Å². The van der Waals surface area contributed by atoms with Crippen LogP contribution in [0.25, 0.3) is 0 Å². The van der Waals surface area contributed by atoms with Gasteiger partial charge in [-0.3, -0.25) is 0 Å². The molecule has 1 aromatic carbocycles. The minimum absolute atomic E-state index is 0.274. The molecular weight excluding hydrogens is 302 g/mol. The average Bonchev–Trinajstić information content (AvgIpc) is 2.55. The summed E-state index contributed by atoms with van der Waals surface area (Å²) in [6.07, 6.45) is -0.573. The lowest BCUT2D eigenvalue weighted by Gasteiger charge is -2.23. The summed E-state index contributed by atoms with van der Waals surface area (Å²) >= 11 is 0. The number of anilines is 1. The number of aryl methyl sites for hydroxylation is 1. The Morgan fingerprint density at radius 1 is 1.17 bits per heavy atom. The second-order valence-electron chi connectivity index (χ2n) is 6.42. The molecule has 1 heterocycles. The van der Waals surface area contributed by atoms with E-state index in [1.807, 2.05) is 55.3 Å². The van der Waals surface area contributed by atoms with E-state index in [0.29, 0.717) is 19.8 Å². The second kappa shape index (κ2) is 8.76. The first-order valence-electron chi connectivity index (χ1n) is 8.32. The molecule has 1 aromatic heterocycles. The van der Waals surface area contributed by atoms with Crippen LogP contribution in [0.1, 0.15) is 36.8 Å². The van der Waals surface area contributed by atoms with Crippen molar-refractivity contribution in [3.8, 4) is 0 Å². The summed E-state index contributed by atoms with van der Waals surface area (Å²) in [5, 5.41) is 10.2. The van der Waals surface area contributed by atoms with Gasteiger partial charge in [-0.25, -0.2) is 9.97 Å². The van der Waals surface area contributed by atoms with E-state index < -0.39 is 6.10 Å². The monoisotopic (exact) mass is 329 g/mol. The Balaban J connectivity index is 1.86. The smallest absolute Gasteiger partial charge is 0.133 e. The van der Waals surface area contributed by atoms with Crippen LogP contribution in [0, 0.1) is 6.92 Å². The van der Waals surface area contributed by atoms with Crippen molar-refractivity contribution in [3.63, 3.8) is 0 Å². The topological polar surface area (TPSA) is 58.5 Å². The molecule has 0 bridgehead atoms. The minimum atomic E-state index is -0.573. The SMILES string of the molecule is Cc1cc(N(C)CC(O)COCc2ccccc2)nc(C(C)C)n1. The summed E-state index contributed by atoms with van der Waals surface area (Å²) in [7, 11) is 1.92. The van der Waals surface area contributed by atoms with Gasteiger partial charge in [0.1, 0.15) is 11.6 Å². The Morgan fingerprint density at radius 2 is 1.88 bits per heavy atom. The van der Waals surface area contributed by atoms with Gasteiger partial charge in [0.05, 0.1) is 19.3 Å². The van der Waals surface area contributed by atoms with Crippen LogP contribution < -0.4 is 4.90 Å². The summed E-state index contributed by atoms with van der Waals surface area (Å²) in [4.78, 5) is 11.0. The normalized spacial score (nSPS) is 12.4. The fourth-order valence-electron chi connectivity index (χ4n) is 2.38. The average molecular weight is 329 g/mol. The molecule has 1 N–H and O–H groups in total. The van der Waals surface area contributed by atoms with Gasteiger partial charge in [0, 0.05) is 31.3 Å². The zero-order chi connectivity index (χ0) is 17.5. The summed E-state index contributed by atoms with van der Waals surface area (Å²) in [6, 6.07) is 11.9. The van der Waals surface area contributed by atoms with Crippen molar-refractivity contribution in [2.75, 3.05) is 25.1 Å². The van der Waals surface area contributed by atoms with Crippen LogP contribution in [0.3, 0.4) is 0 Å². The fourth-order valence-corrected chi connectivity index (χ4v) is 2.38. The Morgan fingerprint density at radius 3 is 2.54 bits per heavy atom. The molecule has 0 aliphatic carbocycles. The molecule has 0 radical (unpaired) electrons. The van der Waals surface area contributed by atoms with E-state index in [4.69, 9.17) is 4.74 Å². The van der Waals surface area contributed by atoms with Crippen molar-refractivity contribution in [1.82, 2.24) is 9.97 Å². The highest BCUT2D eigenvalue weighted by Gasteiger charge is 2.13. The Bertz CT molecular complexity index is 632. The van der Waals surface area contributed by atoms with Crippen LogP contribution in [0.15, 0.2) is 36.4 Å². The van der Waals surface area contributed by atoms with Crippen molar-refractivity contribution in [2.45, 2.75) is 39.4 Å². The molecule has 0 amide bonds. The largest absolute Gasteiger partial charge is 0.389 e. The van der Waals surface area contributed by atoms with E-state index in [0.717, 1.165) is 22.9 Å². The van der Waals surface area contributed by atoms with Crippen molar-refractivity contribution < 1.29 is 9.84 Å². The number of aromatic nitrogens is 2. The molecule has 1 unspecified atom stereocenters. The summed E-state index contributed by atoms with van der Waals surface area (Å²) in [6.45, 7) is 7.37. The number of likely N-dealkylation sites (N-methyl/N-ethyl adjacent to an activating group) is 1. The van der Waals surface area contributed by atoms with Crippen molar-refractivity contribution in [2.24, 2.45) is 0 Å². The summed E-state index contributed by atoms with van der Waals surface area (Å²) < 4.78 is 5.59. The lowest BCUT2D eigenvalue weighted by molar-refractivity contribution is 0.0324. The number of nitrogens with zero attached hydrogens (tertiary/aromatic N) is 3. The second-order valence-corrected chi connectivity index (χ2v) is 6.42. The van der Waals surface area contributed by atoms with E-state index in [-0.39, 0.29) is 5.92 Å².